The van der Waals surface area contributed by atoms with E-state index < -0.39 is 0 Å². The molecule has 0 unspecified atom stereocenters. The molecule has 0 spiro atoms. The molecule has 7 heteroatoms. The highest BCUT2D eigenvalue weighted by molar-refractivity contribution is 8.00. The van der Waals surface area contributed by atoms with Crippen molar-refractivity contribution in [2.45, 2.75) is 23.4 Å². The normalized spacial score (nSPS) is 10.5. The molecule has 0 aromatic carbocycles. The molecule has 2 aromatic rings. The van der Waals surface area contributed by atoms with Crippen LogP contribution < -0.4 is 5.32 Å². The molecule has 0 aliphatic rings. The summed E-state index contributed by atoms with van der Waals surface area (Å²) < 4.78 is 5.24. The lowest BCUT2D eigenvalue weighted by Crippen LogP contribution is -1.98. The molecule has 90 valence electrons. The van der Waals surface area contributed by atoms with Crippen molar-refractivity contribution < 1.29 is 0 Å². The van der Waals surface area contributed by atoms with Gasteiger partial charge in [0.1, 0.15) is 5.82 Å². The highest BCUT2D eigenvalue weighted by atomic mass is 32.2. The lowest BCUT2D eigenvalue weighted by molar-refractivity contribution is 0.971. The summed E-state index contributed by atoms with van der Waals surface area (Å²) >= 11 is 3.10. The predicted molar refractivity (Wildman–Crippen MR) is 70.4 cm³/mol. The Morgan fingerprint density at radius 1 is 1.41 bits per heavy atom. The summed E-state index contributed by atoms with van der Waals surface area (Å²) in [5.74, 6) is 2.35. The number of hydrogen-bond acceptors (Lipinski definition) is 7. The second-order valence-corrected chi connectivity index (χ2v) is 5.21. The lowest BCUT2D eigenvalue weighted by Gasteiger charge is -2.00. The van der Waals surface area contributed by atoms with Gasteiger partial charge >= 0.3 is 0 Å². The Kier molecular flexibility index (Phi) is 4.27. The molecule has 0 aliphatic heterocycles. The van der Waals surface area contributed by atoms with E-state index in [2.05, 4.69) is 31.6 Å². The van der Waals surface area contributed by atoms with Crippen LogP contribution in [0.15, 0.2) is 16.6 Å². The molecule has 17 heavy (non-hydrogen) atoms. The van der Waals surface area contributed by atoms with E-state index in [1.54, 1.807) is 18.0 Å². The molecule has 0 aliphatic carbocycles. The Hall–Kier alpha value is -1.21. The van der Waals surface area contributed by atoms with Crippen LogP contribution in [-0.2, 0) is 12.2 Å². The summed E-state index contributed by atoms with van der Waals surface area (Å²) in [4.78, 5) is 12.8. The van der Waals surface area contributed by atoms with E-state index in [1.165, 1.54) is 11.5 Å². The number of nitrogens with zero attached hydrogens (tertiary/aromatic N) is 4. The van der Waals surface area contributed by atoms with Crippen molar-refractivity contribution in [3.63, 3.8) is 0 Å². The van der Waals surface area contributed by atoms with E-state index in [9.17, 15) is 0 Å². The van der Waals surface area contributed by atoms with Gasteiger partial charge in [-0.3, -0.25) is 0 Å². The maximum Gasteiger partial charge on any atom is 0.222 e. The Labute approximate surface area is 108 Å². The summed E-state index contributed by atoms with van der Waals surface area (Å²) in [6, 6.07) is 1.91. The average Bonchev–Trinajstić information content (AvgIpc) is 2.84. The Balaban J connectivity index is 1.96. The minimum Gasteiger partial charge on any atom is -0.357 e. The lowest BCUT2D eigenvalue weighted by atomic mass is 10.5. The zero-order valence-electron chi connectivity index (χ0n) is 9.67. The van der Waals surface area contributed by atoms with Gasteiger partial charge < -0.3 is 5.32 Å². The topological polar surface area (TPSA) is 63.6 Å². The van der Waals surface area contributed by atoms with Crippen molar-refractivity contribution in [1.29, 1.82) is 0 Å². The Bertz CT molecular complexity index is 485. The first-order valence-electron chi connectivity index (χ1n) is 5.27. The van der Waals surface area contributed by atoms with Crippen LogP contribution in [0.25, 0.3) is 0 Å². The van der Waals surface area contributed by atoms with Crippen molar-refractivity contribution in [2.24, 2.45) is 0 Å². The van der Waals surface area contributed by atoms with Gasteiger partial charge in [-0.05, 0) is 17.6 Å². The van der Waals surface area contributed by atoms with E-state index in [4.69, 9.17) is 0 Å². The minimum absolute atomic E-state index is 0.648. The van der Waals surface area contributed by atoms with Gasteiger partial charge in [0.25, 0.3) is 0 Å². The van der Waals surface area contributed by atoms with Gasteiger partial charge in [-0.1, -0.05) is 18.7 Å². The first-order valence-corrected chi connectivity index (χ1v) is 7.02. The van der Waals surface area contributed by atoms with Gasteiger partial charge in [0.2, 0.25) is 5.95 Å². The Morgan fingerprint density at radius 2 is 2.29 bits per heavy atom. The second-order valence-electron chi connectivity index (χ2n) is 3.24. The second kappa shape index (κ2) is 5.92. The number of thioether (sulfide) groups is 1. The van der Waals surface area contributed by atoms with Gasteiger partial charge in [0.05, 0.1) is 5.69 Å². The van der Waals surface area contributed by atoms with Crippen molar-refractivity contribution in [2.75, 3.05) is 12.4 Å². The quantitative estimate of drug-likeness (QED) is 0.838. The van der Waals surface area contributed by atoms with Crippen molar-refractivity contribution in [1.82, 2.24) is 19.3 Å². The van der Waals surface area contributed by atoms with Crippen LogP contribution in [0.2, 0.25) is 0 Å². The molecular weight excluding hydrogens is 254 g/mol. The molecule has 2 aromatic heterocycles. The summed E-state index contributed by atoms with van der Waals surface area (Å²) in [7, 11) is 1.81. The SMILES string of the molecule is CCc1nsc(SCc2ccnc(NC)n2)n1. The Morgan fingerprint density at radius 3 is 3.00 bits per heavy atom. The third-order valence-electron chi connectivity index (χ3n) is 2.05. The van der Waals surface area contributed by atoms with Gasteiger partial charge in [0, 0.05) is 25.4 Å². The fourth-order valence-electron chi connectivity index (χ4n) is 1.17. The van der Waals surface area contributed by atoms with Gasteiger partial charge in [0.15, 0.2) is 4.34 Å². The maximum absolute atomic E-state index is 4.40. The molecule has 0 amide bonds. The number of hydrogen-bond donors (Lipinski definition) is 1. The predicted octanol–water partition coefficient (Wildman–Crippen LogP) is 2.22. The smallest absolute Gasteiger partial charge is 0.222 e. The molecule has 0 bridgehead atoms. The molecular formula is C10H13N5S2. The van der Waals surface area contributed by atoms with E-state index >= 15 is 0 Å². The number of aryl methyl sites for hydroxylation is 1. The third kappa shape index (κ3) is 3.37. The molecule has 0 radical (unpaired) electrons. The van der Waals surface area contributed by atoms with Crippen LogP contribution in [-0.4, -0.2) is 26.4 Å². The number of rotatable bonds is 5. The van der Waals surface area contributed by atoms with Gasteiger partial charge in [-0.2, -0.15) is 4.37 Å². The molecule has 1 N–H and O–H groups in total. The molecule has 0 saturated carbocycles. The number of anilines is 1. The first kappa shape index (κ1) is 12.3. The highest BCUT2D eigenvalue weighted by Crippen LogP contribution is 2.23. The standard InChI is InChI=1S/C10H13N5S2/c1-3-8-14-10(17-15-8)16-6-7-4-5-12-9(11-2)13-7/h4-5H,3,6H2,1-2H3,(H,11,12,13). The number of nitrogens with one attached hydrogen (secondary N) is 1. The zero-order chi connectivity index (χ0) is 12.1. The fraction of sp³-hybridized carbons (Fsp3) is 0.400. The van der Waals surface area contributed by atoms with E-state index in [1.807, 2.05) is 13.1 Å². The molecule has 2 heterocycles. The van der Waals surface area contributed by atoms with Crippen molar-refractivity contribution >= 4 is 29.2 Å². The maximum atomic E-state index is 4.40. The summed E-state index contributed by atoms with van der Waals surface area (Å²) in [6.07, 6.45) is 2.64. The average molecular weight is 267 g/mol. The summed E-state index contributed by atoms with van der Waals surface area (Å²) in [5, 5.41) is 2.92. The third-order valence-corrected chi connectivity index (χ3v) is 3.95. The zero-order valence-corrected chi connectivity index (χ0v) is 11.3. The minimum atomic E-state index is 0.648. The van der Waals surface area contributed by atoms with Crippen molar-refractivity contribution in [3.8, 4) is 0 Å². The largest absolute Gasteiger partial charge is 0.357 e. The van der Waals surface area contributed by atoms with Crippen molar-refractivity contribution in [3.05, 3.63) is 23.8 Å². The van der Waals surface area contributed by atoms with Gasteiger partial charge in [-0.25, -0.2) is 15.0 Å². The van der Waals surface area contributed by atoms with Crippen LogP contribution in [0.4, 0.5) is 5.95 Å². The van der Waals surface area contributed by atoms with Crippen LogP contribution in [0, 0.1) is 0 Å². The van der Waals surface area contributed by atoms with Crippen LogP contribution in [0.5, 0.6) is 0 Å². The summed E-state index contributed by atoms with van der Waals surface area (Å²) in [5.41, 5.74) is 0.989. The van der Waals surface area contributed by atoms with E-state index in [-0.39, 0.29) is 0 Å². The van der Waals surface area contributed by atoms with E-state index in [0.717, 1.165) is 28.0 Å². The van der Waals surface area contributed by atoms with Gasteiger partial charge in [-0.15, -0.1) is 0 Å². The van der Waals surface area contributed by atoms with Crippen LogP contribution in [0.3, 0.4) is 0 Å². The molecule has 5 nitrogen and oxygen atoms in total. The number of aromatic nitrogens is 4. The molecule has 0 fully saturated rings. The molecule has 0 saturated heterocycles. The highest BCUT2D eigenvalue weighted by Gasteiger charge is 2.04. The molecule has 0 atom stereocenters. The van der Waals surface area contributed by atoms with E-state index in [0.29, 0.717) is 5.95 Å². The fourth-order valence-corrected chi connectivity index (χ4v) is 2.77. The first-order chi connectivity index (χ1) is 8.31. The van der Waals surface area contributed by atoms with Crippen LogP contribution in [0.1, 0.15) is 18.4 Å². The van der Waals surface area contributed by atoms with Crippen LogP contribution >= 0.6 is 23.3 Å². The summed E-state index contributed by atoms with van der Waals surface area (Å²) in [6.45, 7) is 2.06. The monoisotopic (exact) mass is 267 g/mol. The molecule has 2 rings (SSSR count).